The predicted molar refractivity (Wildman–Crippen MR) is 150 cm³/mol. The number of fused-ring (bicyclic) bond motifs is 1. The van der Waals surface area contributed by atoms with Crippen molar-refractivity contribution >= 4 is 46.0 Å². The SMILES string of the molecule is CCOC(=O)C1=C(C)N=c2s/c(=C\c3cc(I)c(O)c(OC)c3)c(=O)n2C1c1ccc(OC(C)C)cc1. The zero-order valence-corrected chi connectivity index (χ0v) is 24.0. The first kappa shape index (κ1) is 26.9. The zero-order chi connectivity index (χ0) is 26.9. The van der Waals surface area contributed by atoms with E-state index in [-0.39, 0.29) is 24.0 Å². The molecule has 1 N–H and O–H groups in total. The van der Waals surface area contributed by atoms with Crippen molar-refractivity contribution in [2.24, 2.45) is 4.99 Å². The Morgan fingerprint density at radius 1 is 1.27 bits per heavy atom. The third kappa shape index (κ3) is 5.45. The molecule has 1 aliphatic rings. The summed E-state index contributed by atoms with van der Waals surface area (Å²) in [5, 5.41) is 10.2. The van der Waals surface area contributed by atoms with Crippen LogP contribution in [0.15, 0.2) is 57.5 Å². The number of phenols is 1. The van der Waals surface area contributed by atoms with Crippen molar-refractivity contribution in [3.8, 4) is 17.2 Å². The molecule has 37 heavy (non-hydrogen) atoms. The number of benzene rings is 2. The number of esters is 1. The number of thiazole rings is 1. The Balaban J connectivity index is 1.91. The number of methoxy groups -OCH3 is 1. The number of rotatable bonds is 7. The van der Waals surface area contributed by atoms with E-state index in [9.17, 15) is 14.7 Å². The van der Waals surface area contributed by atoms with Gasteiger partial charge in [0.05, 0.1) is 45.2 Å². The fourth-order valence-corrected chi connectivity index (χ4v) is 5.76. The van der Waals surface area contributed by atoms with Gasteiger partial charge in [-0.3, -0.25) is 9.36 Å². The lowest BCUT2D eigenvalue weighted by molar-refractivity contribution is -0.139. The van der Waals surface area contributed by atoms with Gasteiger partial charge in [0, 0.05) is 0 Å². The van der Waals surface area contributed by atoms with Crippen molar-refractivity contribution in [3.63, 3.8) is 0 Å². The Morgan fingerprint density at radius 3 is 2.59 bits per heavy atom. The number of hydrogen-bond donors (Lipinski definition) is 1. The van der Waals surface area contributed by atoms with Crippen molar-refractivity contribution in [3.05, 3.63) is 82.1 Å². The van der Waals surface area contributed by atoms with Crippen LogP contribution in [0.5, 0.6) is 17.2 Å². The third-order valence-corrected chi connectivity index (χ3v) is 7.46. The number of ether oxygens (including phenoxy) is 3. The Bertz CT molecular complexity index is 1550. The highest BCUT2D eigenvalue weighted by Gasteiger charge is 2.33. The maximum atomic E-state index is 13.8. The summed E-state index contributed by atoms with van der Waals surface area (Å²) in [7, 11) is 1.47. The van der Waals surface area contributed by atoms with E-state index in [1.807, 2.05) is 60.7 Å². The summed E-state index contributed by atoms with van der Waals surface area (Å²) in [6.07, 6.45) is 1.75. The van der Waals surface area contributed by atoms with Gasteiger partial charge in [0.25, 0.3) is 5.56 Å². The van der Waals surface area contributed by atoms with Crippen molar-refractivity contribution in [2.75, 3.05) is 13.7 Å². The third-order valence-electron chi connectivity index (χ3n) is 5.65. The van der Waals surface area contributed by atoms with Gasteiger partial charge in [-0.15, -0.1) is 0 Å². The summed E-state index contributed by atoms with van der Waals surface area (Å²) in [5.74, 6) is 0.540. The van der Waals surface area contributed by atoms with Crippen LogP contribution in [-0.2, 0) is 9.53 Å². The molecule has 0 aliphatic carbocycles. The monoisotopic (exact) mass is 634 g/mol. The molecule has 8 nitrogen and oxygen atoms in total. The highest BCUT2D eigenvalue weighted by Crippen LogP contribution is 2.33. The summed E-state index contributed by atoms with van der Waals surface area (Å²) in [4.78, 5) is 31.9. The molecule has 1 aliphatic heterocycles. The summed E-state index contributed by atoms with van der Waals surface area (Å²) in [5.41, 5.74) is 1.96. The lowest BCUT2D eigenvalue weighted by Crippen LogP contribution is -2.39. The second kappa shape index (κ2) is 11.1. The molecule has 0 spiro atoms. The van der Waals surface area contributed by atoms with Crippen molar-refractivity contribution in [1.82, 2.24) is 4.57 Å². The molecule has 10 heteroatoms. The number of halogens is 1. The molecule has 1 atom stereocenters. The van der Waals surface area contributed by atoms with E-state index >= 15 is 0 Å². The molecule has 0 saturated carbocycles. The Morgan fingerprint density at radius 2 is 1.97 bits per heavy atom. The molecule has 1 aromatic heterocycles. The quantitative estimate of drug-likeness (QED) is 0.313. The minimum Gasteiger partial charge on any atom is -0.504 e. The van der Waals surface area contributed by atoms with Gasteiger partial charge in [-0.2, -0.15) is 0 Å². The van der Waals surface area contributed by atoms with E-state index < -0.39 is 12.0 Å². The van der Waals surface area contributed by atoms with Crippen LogP contribution in [0, 0.1) is 3.57 Å². The van der Waals surface area contributed by atoms with Gasteiger partial charge in [-0.1, -0.05) is 23.5 Å². The highest BCUT2D eigenvalue weighted by atomic mass is 127. The van der Waals surface area contributed by atoms with Crippen LogP contribution in [-0.4, -0.2) is 35.5 Å². The second-order valence-electron chi connectivity index (χ2n) is 8.59. The van der Waals surface area contributed by atoms with Crippen molar-refractivity contribution in [2.45, 2.75) is 39.8 Å². The smallest absolute Gasteiger partial charge is 0.338 e. The number of aromatic nitrogens is 1. The molecular formula is C27H27IN2O6S. The van der Waals surface area contributed by atoms with E-state index in [1.54, 1.807) is 32.1 Å². The number of phenolic OH excluding ortho intramolecular Hbond substituents is 1. The van der Waals surface area contributed by atoms with Gasteiger partial charge in [-0.05, 0) is 91.8 Å². The van der Waals surface area contributed by atoms with Gasteiger partial charge in [0.1, 0.15) is 5.75 Å². The normalized spacial score (nSPS) is 15.4. The predicted octanol–water partition coefficient (Wildman–Crippen LogP) is 3.90. The maximum absolute atomic E-state index is 13.8. The summed E-state index contributed by atoms with van der Waals surface area (Å²) < 4.78 is 18.9. The molecule has 2 aromatic carbocycles. The number of carbonyl (C=O) groups excluding carboxylic acids is 1. The molecule has 0 saturated heterocycles. The second-order valence-corrected chi connectivity index (χ2v) is 10.8. The summed E-state index contributed by atoms with van der Waals surface area (Å²) >= 11 is 3.24. The van der Waals surface area contributed by atoms with E-state index in [0.717, 1.165) is 5.56 Å². The van der Waals surface area contributed by atoms with Crippen molar-refractivity contribution < 1.29 is 24.1 Å². The molecule has 0 radical (unpaired) electrons. The first-order valence-corrected chi connectivity index (χ1v) is 13.6. The molecular weight excluding hydrogens is 607 g/mol. The highest BCUT2D eigenvalue weighted by molar-refractivity contribution is 14.1. The zero-order valence-electron chi connectivity index (χ0n) is 21.1. The summed E-state index contributed by atoms with van der Waals surface area (Å²) in [6.45, 7) is 7.58. The minimum absolute atomic E-state index is 0.0161. The van der Waals surface area contributed by atoms with E-state index in [2.05, 4.69) is 4.99 Å². The first-order chi connectivity index (χ1) is 17.6. The molecule has 3 aromatic rings. The number of allylic oxidation sites excluding steroid dienone is 1. The molecule has 2 heterocycles. The van der Waals surface area contributed by atoms with E-state index in [4.69, 9.17) is 14.2 Å². The fourth-order valence-electron chi connectivity index (χ4n) is 4.09. The maximum Gasteiger partial charge on any atom is 0.338 e. The van der Waals surface area contributed by atoms with Crippen LogP contribution in [0.3, 0.4) is 0 Å². The van der Waals surface area contributed by atoms with Gasteiger partial charge < -0.3 is 19.3 Å². The van der Waals surface area contributed by atoms with Gasteiger partial charge in [0.15, 0.2) is 16.3 Å². The van der Waals surface area contributed by atoms with Gasteiger partial charge in [0.2, 0.25) is 0 Å². The van der Waals surface area contributed by atoms with E-state index in [0.29, 0.717) is 41.2 Å². The summed E-state index contributed by atoms with van der Waals surface area (Å²) in [6, 6.07) is 10.1. The Labute approximate surface area is 231 Å². The first-order valence-electron chi connectivity index (χ1n) is 11.7. The van der Waals surface area contributed by atoms with Crippen LogP contribution in [0.4, 0.5) is 0 Å². The lowest BCUT2D eigenvalue weighted by atomic mass is 9.96. The number of aromatic hydroxyl groups is 1. The van der Waals surface area contributed by atoms with Crippen LogP contribution < -0.4 is 24.4 Å². The standard InChI is InChI=1S/C27H27IN2O6S/c1-6-35-26(33)22-15(4)29-27-30(23(22)17-7-9-18(10-8-17)36-14(2)3)25(32)21(37-27)13-16-11-19(28)24(31)20(12-16)34-5/h7-14,23,31H,6H2,1-5H3/b21-13-. The lowest BCUT2D eigenvalue weighted by Gasteiger charge is -2.25. The van der Waals surface area contributed by atoms with Gasteiger partial charge >= 0.3 is 5.97 Å². The minimum atomic E-state index is -0.708. The molecule has 4 rings (SSSR count). The van der Waals surface area contributed by atoms with Crippen molar-refractivity contribution in [1.29, 1.82) is 0 Å². The van der Waals surface area contributed by atoms with Crippen LogP contribution in [0.1, 0.15) is 44.9 Å². The fraction of sp³-hybridized carbons (Fsp3) is 0.296. The molecule has 0 amide bonds. The molecule has 0 fully saturated rings. The topological polar surface area (TPSA) is 99.4 Å². The average molecular weight is 634 g/mol. The Kier molecular flexibility index (Phi) is 8.08. The van der Waals surface area contributed by atoms with Crippen LogP contribution >= 0.6 is 33.9 Å². The largest absolute Gasteiger partial charge is 0.504 e. The number of hydrogen-bond acceptors (Lipinski definition) is 8. The Hall–Kier alpha value is -3.12. The molecule has 194 valence electrons. The van der Waals surface area contributed by atoms with E-state index in [1.165, 1.54) is 23.0 Å². The molecule has 1 unspecified atom stereocenters. The number of carbonyl (C=O) groups is 1. The van der Waals surface area contributed by atoms with Gasteiger partial charge in [-0.25, -0.2) is 9.79 Å². The van der Waals surface area contributed by atoms with Crippen LogP contribution in [0.2, 0.25) is 0 Å². The average Bonchev–Trinajstić information content (AvgIpc) is 3.15. The van der Waals surface area contributed by atoms with Crippen LogP contribution in [0.25, 0.3) is 6.08 Å². The number of nitrogens with zero attached hydrogens (tertiary/aromatic N) is 2. The molecule has 0 bridgehead atoms.